The number of benzene rings is 3. The van der Waals surface area contributed by atoms with E-state index in [4.69, 9.17) is 4.74 Å². The first-order chi connectivity index (χ1) is 16.6. The van der Waals surface area contributed by atoms with Crippen molar-refractivity contribution in [2.75, 3.05) is 12.3 Å². The van der Waals surface area contributed by atoms with Crippen molar-refractivity contribution in [3.05, 3.63) is 102 Å². The molecular weight excluding hydrogens is 451 g/mol. The average molecular weight is 477 g/mol. The normalized spacial score (nSPS) is 11.7. The standard InChI is InChI=1S/C26H25FN4O2S/c1-19(20-10-4-2-5-11-20)16-28-25(32)18-34-26-30-29-24(31(26)21-12-6-3-7-13-21)17-33-23-15-9-8-14-22(23)27/h2-15,19H,16-18H2,1H3,(H,28,32). The number of hydrogen-bond donors (Lipinski definition) is 1. The molecule has 0 bridgehead atoms. The number of thioether (sulfide) groups is 1. The van der Waals surface area contributed by atoms with Crippen LogP contribution in [0.1, 0.15) is 24.2 Å². The van der Waals surface area contributed by atoms with Crippen molar-refractivity contribution in [2.24, 2.45) is 0 Å². The second-order valence-electron chi connectivity index (χ2n) is 7.69. The Kier molecular flexibility index (Phi) is 7.93. The molecule has 0 aliphatic carbocycles. The number of aromatic nitrogens is 3. The van der Waals surface area contributed by atoms with E-state index in [9.17, 15) is 9.18 Å². The summed E-state index contributed by atoms with van der Waals surface area (Å²) in [6.07, 6.45) is 0. The number of carbonyl (C=O) groups is 1. The predicted octanol–water partition coefficient (Wildman–Crippen LogP) is 5.00. The molecule has 1 amide bonds. The predicted molar refractivity (Wildman–Crippen MR) is 131 cm³/mol. The molecule has 0 saturated heterocycles. The molecule has 6 nitrogen and oxygen atoms in total. The van der Waals surface area contributed by atoms with Gasteiger partial charge in [-0.3, -0.25) is 9.36 Å². The first-order valence-electron chi connectivity index (χ1n) is 10.9. The third-order valence-corrected chi connectivity index (χ3v) is 6.14. The zero-order valence-corrected chi connectivity index (χ0v) is 19.5. The SMILES string of the molecule is CC(CNC(=O)CSc1nnc(COc2ccccc2F)n1-c1ccccc1)c1ccccc1. The van der Waals surface area contributed by atoms with Crippen LogP contribution < -0.4 is 10.1 Å². The molecule has 0 spiro atoms. The van der Waals surface area contributed by atoms with Gasteiger partial charge in [0, 0.05) is 12.2 Å². The molecule has 0 saturated carbocycles. The molecule has 0 radical (unpaired) electrons. The van der Waals surface area contributed by atoms with Crippen molar-refractivity contribution < 1.29 is 13.9 Å². The molecule has 0 aliphatic rings. The molecule has 0 fully saturated rings. The molecule has 1 heterocycles. The Labute approximate surface area is 202 Å². The summed E-state index contributed by atoms with van der Waals surface area (Å²) in [5.41, 5.74) is 2.01. The summed E-state index contributed by atoms with van der Waals surface area (Å²) in [6.45, 7) is 2.66. The molecule has 1 N–H and O–H groups in total. The van der Waals surface area contributed by atoms with Crippen LogP contribution in [0.15, 0.2) is 90.1 Å². The molecule has 4 rings (SSSR count). The van der Waals surface area contributed by atoms with Crippen LogP contribution in [0.5, 0.6) is 5.75 Å². The molecule has 4 aromatic rings. The van der Waals surface area contributed by atoms with Crippen molar-refractivity contribution in [1.82, 2.24) is 20.1 Å². The van der Waals surface area contributed by atoms with E-state index in [2.05, 4.69) is 34.6 Å². The summed E-state index contributed by atoms with van der Waals surface area (Å²) in [5.74, 6) is 0.538. The minimum atomic E-state index is -0.440. The first-order valence-corrected chi connectivity index (χ1v) is 11.9. The monoisotopic (exact) mass is 476 g/mol. The Morgan fingerprint density at radius 2 is 1.68 bits per heavy atom. The number of rotatable bonds is 10. The second-order valence-corrected chi connectivity index (χ2v) is 8.64. The summed E-state index contributed by atoms with van der Waals surface area (Å²) >= 11 is 1.29. The number of halogens is 1. The number of para-hydroxylation sites is 2. The topological polar surface area (TPSA) is 69.0 Å². The van der Waals surface area contributed by atoms with E-state index in [0.717, 1.165) is 5.69 Å². The van der Waals surface area contributed by atoms with Gasteiger partial charge < -0.3 is 10.1 Å². The number of nitrogens with zero attached hydrogens (tertiary/aromatic N) is 3. The number of hydrogen-bond acceptors (Lipinski definition) is 5. The van der Waals surface area contributed by atoms with Crippen molar-refractivity contribution in [1.29, 1.82) is 0 Å². The van der Waals surface area contributed by atoms with Gasteiger partial charge in [-0.2, -0.15) is 0 Å². The minimum absolute atomic E-state index is 0.0319. The Balaban J connectivity index is 1.42. The highest BCUT2D eigenvalue weighted by Gasteiger charge is 2.17. The molecule has 174 valence electrons. The van der Waals surface area contributed by atoms with E-state index >= 15 is 0 Å². The molecule has 1 unspecified atom stereocenters. The van der Waals surface area contributed by atoms with Crippen LogP contribution in [0, 0.1) is 5.82 Å². The van der Waals surface area contributed by atoms with Gasteiger partial charge in [0.1, 0.15) is 6.61 Å². The largest absolute Gasteiger partial charge is 0.483 e. The number of ether oxygens (including phenoxy) is 1. The van der Waals surface area contributed by atoms with Gasteiger partial charge in [0.25, 0.3) is 0 Å². The van der Waals surface area contributed by atoms with Crippen LogP contribution in [-0.2, 0) is 11.4 Å². The van der Waals surface area contributed by atoms with Gasteiger partial charge in [0.2, 0.25) is 5.91 Å². The Bertz CT molecular complexity index is 1220. The van der Waals surface area contributed by atoms with Gasteiger partial charge in [-0.1, -0.05) is 79.3 Å². The van der Waals surface area contributed by atoms with Crippen LogP contribution in [0.3, 0.4) is 0 Å². The van der Waals surface area contributed by atoms with Gasteiger partial charge in [-0.05, 0) is 35.7 Å². The Morgan fingerprint density at radius 3 is 2.41 bits per heavy atom. The van der Waals surface area contributed by atoms with Gasteiger partial charge in [0.05, 0.1) is 5.75 Å². The highest BCUT2D eigenvalue weighted by Crippen LogP contribution is 2.24. The Hall–Kier alpha value is -3.65. The molecule has 0 aliphatic heterocycles. The van der Waals surface area contributed by atoms with E-state index in [1.165, 1.54) is 23.4 Å². The lowest BCUT2D eigenvalue weighted by atomic mass is 10.0. The molecule has 1 aromatic heterocycles. The lowest BCUT2D eigenvalue weighted by Gasteiger charge is -2.13. The van der Waals surface area contributed by atoms with Gasteiger partial charge in [0.15, 0.2) is 22.5 Å². The van der Waals surface area contributed by atoms with Crippen LogP contribution in [0.4, 0.5) is 4.39 Å². The van der Waals surface area contributed by atoms with Crippen molar-refractivity contribution >= 4 is 17.7 Å². The molecule has 8 heteroatoms. The molecule has 1 atom stereocenters. The summed E-state index contributed by atoms with van der Waals surface area (Å²) in [7, 11) is 0. The van der Waals surface area contributed by atoms with Crippen molar-refractivity contribution in [3.63, 3.8) is 0 Å². The number of carbonyl (C=O) groups excluding carboxylic acids is 1. The maximum absolute atomic E-state index is 14.0. The lowest BCUT2D eigenvalue weighted by Crippen LogP contribution is -2.29. The molecular formula is C26H25FN4O2S. The fourth-order valence-corrected chi connectivity index (χ4v) is 4.18. The van der Waals surface area contributed by atoms with E-state index in [1.54, 1.807) is 18.2 Å². The maximum atomic E-state index is 14.0. The summed E-state index contributed by atoms with van der Waals surface area (Å²) in [5, 5.41) is 12.1. The first kappa shape index (κ1) is 23.5. The van der Waals surface area contributed by atoms with Crippen LogP contribution in [-0.4, -0.2) is 33.0 Å². The van der Waals surface area contributed by atoms with Crippen LogP contribution >= 0.6 is 11.8 Å². The van der Waals surface area contributed by atoms with Crippen LogP contribution in [0.25, 0.3) is 5.69 Å². The fourth-order valence-electron chi connectivity index (χ4n) is 3.38. The smallest absolute Gasteiger partial charge is 0.230 e. The molecule has 34 heavy (non-hydrogen) atoms. The van der Waals surface area contributed by atoms with Crippen molar-refractivity contribution in [3.8, 4) is 11.4 Å². The third kappa shape index (κ3) is 6.02. The summed E-state index contributed by atoms with van der Waals surface area (Å²) < 4.78 is 21.4. The zero-order chi connectivity index (χ0) is 23.8. The van der Waals surface area contributed by atoms with Gasteiger partial charge >= 0.3 is 0 Å². The zero-order valence-electron chi connectivity index (χ0n) is 18.7. The fraction of sp³-hybridized carbons (Fsp3) is 0.192. The van der Waals surface area contributed by atoms with E-state index < -0.39 is 5.82 Å². The maximum Gasteiger partial charge on any atom is 0.230 e. The highest BCUT2D eigenvalue weighted by atomic mass is 32.2. The van der Waals surface area contributed by atoms with Crippen molar-refractivity contribution in [2.45, 2.75) is 24.6 Å². The lowest BCUT2D eigenvalue weighted by molar-refractivity contribution is -0.118. The van der Waals surface area contributed by atoms with Gasteiger partial charge in [-0.25, -0.2) is 4.39 Å². The van der Waals surface area contributed by atoms with E-state index in [1.807, 2.05) is 53.1 Å². The van der Waals surface area contributed by atoms with Crippen LogP contribution in [0.2, 0.25) is 0 Å². The summed E-state index contributed by atoms with van der Waals surface area (Å²) in [4.78, 5) is 12.5. The van der Waals surface area contributed by atoms with Gasteiger partial charge in [-0.15, -0.1) is 10.2 Å². The number of amides is 1. The quantitative estimate of drug-likeness (QED) is 0.326. The minimum Gasteiger partial charge on any atom is -0.483 e. The highest BCUT2D eigenvalue weighted by molar-refractivity contribution is 7.99. The molecule has 3 aromatic carbocycles. The second kappa shape index (κ2) is 11.5. The van der Waals surface area contributed by atoms with E-state index in [0.29, 0.717) is 17.5 Å². The third-order valence-electron chi connectivity index (χ3n) is 5.21. The Morgan fingerprint density at radius 1 is 1.00 bits per heavy atom. The summed E-state index contributed by atoms with van der Waals surface area (Å²) in [6, 6.07) is 25.9. The average Bonchev–Trinajstić information content (AvgIpc) is 3.29. The van der Waals surface area contributed by atoms with E-state index in [-0.39, 0.29) is 29.9 Å². The number of nitrogens with one attached hydrogen (secondary N) is 1.